The van der Waals surface area contributed by atoms with Gasteiger partial charge in [0.1, 0.15) is 0 Å². The van der Waals surface area contributed by atoms with Gasteiger partial charge in [-0.05, 0) is 12.1 Å². The Bertz CT molecular complexity index is 524. The maximum atomic E-state index is 11.4. The van der Waals surface area contributed by atoms with E-state index in [-0.39, 0.29) is 16.8 Å². The first kappa shape index (κ1) is 10.8. The highest BCUT2D eigenvalue weighted by molar-refractivity contribution is 9.10. The van der Waals surface area contributed by atoms with Crippen molar-refractivity contribution in [2.24, 2.45) is 0 Å². The Hall–Kier alpha value is -1.69. The minimum atomic E-state index is -0.738. The second-order valence-corrected chi connectivity index (χ2v) is 4.07. The highest BCUT2D eigenvalue weighted by Gasteiger charge is 2.32. The molecule has 0 radical (unpaired) electrons. The fraction of sp³-hybridized carbons (Fsp3) is 0.100. The van der Waals surface area contributed by atoms with Gasteiger partial charge in [-0.2, -0.15) is 0 Å². The van der Waals surface area contributed by atoms with Crippen molar-refractivity contribution < 1.29 is 19.1 Å². The second kappa shape index (κ2) is 3.71. The van der Waals surface area contributed by atoms with Crippen LogP contribution in [-0.2, 0) is 9.53 Å². The molecule has 1 aromatic rings. The van der Waals surface area contributed by atoms with Gasteiger partial charge in [0, 0.05) is 4.47 Å². The summed E-state index contributed by atoms with van der Waals surface area (Å²) in [6, 6.07) is 2.98. The molecule has 0 aromatic heterocycles. The summed E-state index contributed by atoms with van der Waals surface area (Å²) in [5.74, 6) is -1.99. The molecule has 1 aliphatic rings. The summed E-state index contributed by atoms with van der Waals surface area (Å²) < 4.78 is 5.10. The molecule has 0 atom stereocenters. The first-order chi connectivity index (χ1) is 7.54. The number of rotatable bonds is 1. The zero-order valence-corrected chi connectivity index (χ0v) is 9.75. The van der Waals surface area contributed by atoms with E-state index in [1.165, 1.54) is 19.2 Å². The van der Waals surface area contributed by atoms with Gasteiger partial charge < -0.3 is 10.1 Å². The smallest absolute Gasteiger partial charge is 0.340 e. The summed E-state index contributed by atoms with van der Waals surface area (Å²) in [5.41, 5.74) is 0.552. The first-order valence-electron chi connectivity index (χ1n) is 4.32. The molecule has 2 rings (SSSR count). The Kier molecular flexibility index (Phi) is 2.51. The zero-order valence-electron chi connectivity index (χ0n) is 8.17. The summed E-state index contributed by atoms with van der Waals surface area (Å²) >= 11 is 3.16. The quantitative estimate of drug-likeness (QED) is 0.624. The maximum absolute atomic E-state index is 11.4. The van der Waals surface area contributed by atoms with Crippen LogP contribution in [0.25, 0.3) is 0 Å². The van der Waals surface area contributed by atoms with E-state index < -0.39 is 17.7 Å². The molecule has 6 heteroatoms. The number of anilines is 1. The summed E-state index contributed by atoms with van der Waals surface area (Å²) in [5, 5.41) is 2.35. The molecule has 1 N–H and O–H groups in total. The van der Waals surface area contributed by atoms with Crippen LogP contribution in [0.5, 0.6) is 0 Å². The molecule has 0 unspecified atom stereocenters. The van der Waals surface area contributed by atoms with Crippen LogP contribution in [0.1, 0.15) is 20.7 Å². The van der Waals surface area contributed by atoms with E-state index in [4.69, 9.17) is 0 Å². The molecule has 0 saturated carbocycles. The summed E-state index contributed by atoms with van der Waals surface area (Å²) in [6.07, 6.45) is 0. The molecular formula is C10H6BrNO4. The Morgan fingerprint density at radius 3 is 2.69 bits per heavy atom. The summed E-state index contributed by atoms with van der Waals surface area (Å²) in [6.45, 7) is 0. The van der Waals surface area contributed by atoms with Crippen molar-refractivity contribution in [3.05, 3.63) is 27.7 Å². The lowest BCUT2D eigenvalue weighted by atomic mass is 10.1. The van der Waals surface area contributed by atoms with Crippen LogP contribution in [0.15, 0.2) is 16.6 Å². The van der Waals surface area contributed by atoms with E-state index >= 15 is 0 Å². The van der Waals surface area contributed by atoms with Crippen LogP contribution < -0.4 is 5.32 Å². The molecule has 1 aliphatic heterocycles. The number of esters is 1. The van der Waals surface area contributed by atoms with E-state index in [1.807, 2.05) is 0 Å². The SMILES string of the molecule is COC(=O)c1cc(Br)cc2c1NC(=O)C2=O. The van der Waals surface area contributed by atoms with Crippen LogP contribution in [0, 0.1) is 0 Å². The predicted octanol–water partition coefficient (Wildman–Crippen LogP) is 1.37. The number of carbonyl (C=O) groups excluding carboxylic acids is 3. The lowest BCUT2D eigenvalue weighted by molar-refractivity contribution is -0.112. The van der Waals surface area contributed by atoms with Gasteiger partial charge in [-0.3, -0.25) is 9.59 Å². The van der Waals surface area contributed by atoms with Gasteiger partial charge >= 0.3 is 5.97 Å². The van der Waals surface area contributed by atoms with E-state index in [0.29, 0.717) is 4.47 Å². The molecule has 16 heavy (non-hydrogen) atoms. The number of amides is 1. The van der Waals surface area contributed by atoms with Gasteiger partial charge in [-0.15, -0.1) is 0 Å². The largest absolute Gasteiger partial charge is 0.465 e. The van der Waals surface area contributed by atoms with Gasteiger partial charge in [-0.25, -0.2) is 4.79 Å². The van der Waals surface area contributed by atoms with Crippen molar-refractivity contribution in [3.63, 3.8) is 0 Å². The maximum Gasteiger partial charge on any atom is 0.340 e. The Morgan fingerprint density at radius 2 is 2.06 bits per heavy atom. The van der Waals surface area contributed by atoms with E-state index in [1.54, 1.807) is 0 Å². The van der Waals surface area contributed by atoms with Crippen molar-refractivity contribution in [1.82, 2.24) is 0 Å². The van der Waals surface area contributed by atoms with Crippen molar-refractivity contribution in [3.8, 4) is 0 Å². The molecule has 82 valence electrons. The standard InChI is InChI=1S/C10H6BrNO4/c1-16-10(15)6-3-4(11)2-5-7(6)12-9(14)8(5)13/h2-3H,1H3,(H,12,13,14). The topological polar surface area (TPSA) is 72.5 Å². The van der Waals surface area contributed by atoms with Crippen LogP contribution in [-0.4, -0.2) is 24.8 Å². The molecular weight excluding hydrogens is 278 g/mol. The molecule has 0 spiro atoms. The minimum Gasteiger partial charge on any atom is -0.465 e. The second-order valence-electron chi connectivity index (χ2n) is 3.15. The number of hydrogen-bond acceptors (Lipinski definition) is 4. The predicted molar refractivity (Wildman–Crippen MR) is 58.4 cm³/mol. The number of carbonyl (C=O) groups is 3. The minimum absolute atomic E-state index is 0.158. The number of halogens is 1. The van der Waals surface area contributed by atoms with Gasteiger partial charge in [0.2, 0.25) is 0 Å². The molecule has 0 saturated heterocycles. The summed E-state index contributed by atoms with van der Waals surface area (Å²) in [4.78, 5) is 34.0. The number of nitrogens with one attached hydrogen (secondary N) is 1. The fourth-order valence-corrected chi connectivity index (χ4v) is 1.94. The van der Waals surface area contributed by atoms with Gasteiger partial charge in [0.05, 0.1) is 23.9 Å². The number of Topliss-reactive ketones (excluding diaryl/α,β-unsaturated/α-hetero) is 1. The average molecular weight is 284 g/mol. The fourth-order valence-electron chi connectivity index (χ4n) is 1.48. The number of ketones is 1. The number of benzene rings is 1. The van der Waals surface area contributed by atoms with Crippen LogP contribution >= 0.6 is 15.9 Å². The third-order valence-electron chi connectivity index (χ3n) is 2.20. The molecule has 0 aliphatic carbocycles. The number of methoxy groups -OCH3 is 1. The third-order valence-corrected chi connectivity index (χ3v) is 2.66. The highest BCUT2D eigenvalue weighted by Crippen LogP contribution is 2.31. The normalized spacial score (nSPS) is 13.4. The third kappa shape index (κ3) is 1.51. The Balaban J connectivity index is 2.66. The first-order valence-corrected chi connectivity index (χ1v) is 5.11. The van der Waals surface area contributed by atoms with E-state index in [0.717, 1.165) is 0 Å². The number of ether oxygens (including phenoxy) is 1. The Labute approximate surface area is 98.9 Å². The molecule has 1 amide bonds. The lowest BCUT2D eigenvalue weighted by Crippen LogP contribution is -2.13. The van der Waals surface area contributed by atoms with Crippen molar-refractivity contribution in [1.29, 1.82) is 0 Å². The van der Waals surface area contributed by atoms with Crippen LogP contribution in [0.2, 0.25) is 0 Å². The van der Waals surface area contributed by atoms with Gasteiger partial charge in [0.25, 0.3) is 11.7 Å². The van der Waals surface area contributed by atoms with Crippen molar-refractivity contribution in [2.75, 3.05) is 12.4 Å². The van der Waals surface area contributed by atoms with Crippen molar-refractivity contribution in [2.45, 2.75) is 0 Å². The summed E-state index contributed by atoms with van der Waals surface area (Å²) in [7, 11) is 1.23. The average Bonchev–Trinajstić information content (AvgIpc) is 2.54. The molecule has 1 aromatic carbocycles. The molecule has 0 fully saturated rings. The number of hydrogen-bond donors (Lipinski definition) is 1. The number of fused-ring (bicyclic) bond motifs is 1. The van der Waals surface area contributed by atoms with E-state index in [9.17, 15) is 14.4 Å². The van der Waals surface area contributed by atoms with Gasteiger partial charge in [-0.1, -0.05) is 15.9 Å². The highest BCUT2D eigenvalue weighted by atomic mass is 79.9. The van der Waals surface area contributed by atoms with Crippen molar-refractivity contribution >= 4 is 39.3 Å². The molecule has 1 heterocycles. The monoisotopic (exact) mass is 283 g/mol. The van der Waals surface area contributed by atoms with Crippen LogP contribution in [0.3, 0.4) is 0 Å². The zero-order chi connectivity index (χ0) is 11.9. The molecule has 5 nitrogen and oxygen atoms in total. The Morgan fingerprint density at radius 1 is 1.38 bits per heavy atom. The van der Waals surface area contributed by atoms with Crippen LogP contribution in [0.4, 0.5) is 5.69 Å². The van der Waals surface area contributed by atoms with Gasteiger partial charge in [0.15, 0.2) is 0 Å². The lowest BCUT2D eigenvalue weighted by Gasteiger charge is -2.05. The molecule has 0 bridgehead atoms. The van der Waals surface area contributed by atoms with E-state index in [2.05, 4.69) is 26.0 Å².